The molecule has 1 aliphatic heterocycles. The van der Waals surface area contributed by atoms with Crippen molar-refractivity contribution in [2.24, 2.45) is 5.92 Å². The molecule has 2 aromatic carbocycles. The molecule has 1 unspecified atom stereocenters. The lowest BCUT2D eigenvalue weighted by Crippen LogP contribution is -2.26. The van der Waals surface area contributed by atoms with Crippen molar-refractivity contribution in [3.8, 4) is 5.75 Å². The number of amides is 1. The molecule has 0 radical (unpaired) electrons. The molecule has 1 heterocycles. The molecule has 0 spiro atoms. The highest BCUT2D eigenvalue weighted by atomic mass is 16.5. The summed E-state index contributed by atoms with van der Waals surface area (Å²) in [4.78, 5) is 23.4. The van der Waals surface area contributed by atoms with E-state index in [2.05, 4.69) is 10.6 Å². The minimum atomic E-state index is -0.284. The fourth-order valence-electron chi connectivity index (χ4n) is 3.19. The second-order valence-electron chi connectivity index (χ2n) is 7.31. The predicted molar refractivity (Wildman–Crippen MR) is 112 cm³/mol. The number of nitrogens with one attached hydrogen (secondary N) is 2. The zero-order chi connectivity index (χ0) is 20.5. The summed E-state index contributed by atoms with van der Waals surface area (Å²) in [6.45, 7) is 4.64. The summed E-state index contributed by atoms with van der Waals surface area (Å²) in [5.74, 6) is 0.854. The normalized spacial score (nSPS) is 13.9. The summed E-state index contributed by atoms with van der Waals surface area (Å²) < 4.78 is 11.3. The lowest BCUT2D eigenvalue weighted by molar-refractivity contribution is -0.116. The quantitative estimate of drug-likeness (QED) is 0.475. The lowest BCUT2D eigenvalue weighted by Gasteiger charge is -2.20. The Balaban J connectivity index is 1.29. The molecule has 6 heteroatoms. The van der Waals surface area contributed by atoms with Gasteiger partial charge in [-0.1, -0.05) is 31.2 Å². The van der Waals surface area contributed by atoms with Gasteiger partial charge >= 0.3 is 5.97 Å². The largest absolute Gasteiger partial charge is 0.493 e. The van der Waals surface area contributed by atoms with Gasteiger partial charge in [-0.15, -0.1) is 0 Å². The van der Waals surface area contributed by atoms with Gasteiger partial charge in [0, 0.05) is 30.1 Å². The average molecular weight is 396 g/mol. The summed E-state index contributed by atoms with van der Waals surface area (Å²) in [5.41, 5.74) is 2.51. The minimum absolute atomic E-state index is 0.0578. The SMILES string of the molecule is CC(CNCCCOc1cccc2c1CCC(=O)N2)COC(=O)c1ccccc1. The van der Waals surface area contributed by atoms with Crippen molar-refractivity contribution in [1.29, 1.82) is 0 Å². The van der Waals surface area contributed by atoms with E-state index in [0.717, 1.165) is 42.9 Å². The molecule has 0 saturated carbocycles. The van der Waals surface area contributed by atoms with Crippen LogP contribution in [0, 0.1) is 5.92 Å². The van der Waals surface area contributed by atoms with Gasteiger partial charge in [0.05, 0.1) is 18.8 Å². The maximum Gasteiger partial charge on any atom is 0.338 e. The number of rotatable bonds is 10. The van der Waals surface area contributed by atoms with Crippen molar-refractivity contribution in [3.63, 3.8) is 0 Å². The molecule has 1 atom stereocenters. The van der Waals surface area contributed by atoms with Crippen LogP contribution in [0.15, 0.2) is 48.5 Å². The predicted octanol–water partition coefficient (Wildman–Crippen LogP) is 3.42. The Morgan fingerprint density at radius 3 is 2.79 bits per heavy atom. The Labute approximate surface area is 171 Å². The van der Waals surface area contributed by atoms with Gasteiger partial charge in [-0.2, -0.15) is 0 Å². The summed E-state index contributed by atoms with van der Waals surface area (Å²) in [6, 6.07) is 14.8. The topological polar surface area (TPSA) is 76.7 Å². The van der Waals surface area contributed by atoms with Gasteiger partial charge in [-0.25, -0.2) is 4.79 Å². The van der Waals surface area contributed by atoms with Crippen LogP contribution in [0.25, 0.3) is 0 Å². The second kappa shape index (κ2) is 10.6. The zero-order valence-electron chi connectivity index (χ0n) is 16.8. The fraction of sp³-hybridized carbons (Fsp3) is 0.391. The number of hydrogen-bond donors (Lipinski definition) is 2. The third-order valence-electron chi connectivity index (χ3n) is 4.77. The smallest absolute Gasteiger partial charge is 0.338 e. The van der Waals surface area contributed by atoms with Crippen molar-refractivity contribution >= 4 is 17.6 Å². The highest BCUT2D eigenvalue weighted by Gasteiger charge is 2.18. The van der Waals surface area contributed by atoms with Gasteiger partial charge in [-0.3, -0.25) is 4.79 Å². The van der Waals surface area contributed by atoms with Gasteiger partial charge < -0.3 is 20.1 Å². The molecule has 3 rings (SSSR count). The number of fused-ring (bicyclic) bond motifs is 1. The molecule has 0 fully saturated rings. The first kappa shape index (κ1) is 20.9. The van der Waals surface area contributed by atoms with Crippen LogP contribution in [-0.2, 0) is 16.0 Å². The number of benzene rings is 2. The highest BCUT2D eigenvalue weighted by Crippen LogP contribution is 2.31. The zero-order valence-corrected chi connectivity index (χ0v) is 16.8. The van der Waals surface area contributed by atoms with Gasteiger partial charge in [0.15, 0.2) is 0 Å². The average Bonchev–Trinajstić information content (AvgIpc) is 2.74. The van der Waals surface area contributed by atoms with E-state index in [-0.39, 0.29) is 17.8 Å². The second-order valence-corrected chi connectivity index (χ2v) is 7.31. The van der Waals surface area contributed by atoms with Crippen LogP contribution >= 0.6 is 0 Å². The Hall–Kier alpha value is -2.86. The van der Waals surface area contributed by atoms with E-state index in [0.29, 0.717) is 25.2 Å². The molecule has 1 amide bonds. The van der Waals surface area contributed by atoms with E-state index < -0.39 is 0 Å². The van der Waals surface area contributed by atoms with Crippen LogP contribution in [0.4, 0.5) is 5.69 Å². The van der Waals surface area contributed by atoms with E-state index >= 15 is 0 Å². The molecular weight excluding hydrogens is 368 g/mol. The molecule has 0 bridgehead atoms. The van der Waals surface area contributed by atoms with Crippen molar-refractivity contribution < 1.29 is 19.1 Å². The Morgan fingerprint density at radius 2 is 1.97 bits per heavy atom. The number of hydrogen-bond acceptors (Lipinski definition) is 5. The number of anilines is 1. The van der Waals surface area contributed by atoms with E-state index in [4.69, 9.17) is 9.47 Å². The van der Waals surface area contributed by atoms with Crippen LogP contribution in [-0.4, -0.2) is 38.2 Å². The molecule has 6 nitrogen and oxygen atoms in total. The molecule has 0 aliphatic carbocycles. The monoisotopic (exact) mass is 396 g/mol. The first-order chi connectivity index (χ1) is 14.1. The van der Waals surface area contributed by atoms with Crippen molar-refractivity contribution in [3.05, 3.63) is 59.7 Å². The summed E-state index contributed by atoms with van der Waals surface area (Å²) in [5, 5.41) is 6.26. The van der Waals surface area contributed by atoms with E-state index in [1.807, 2.05) is 43.3 Å². The molecule has 0 aromatic heterocycles. The van der Waals surface area contributed by atoms with Gasteiger partial charge in [0.25, 0.3) is 0 Å². The number of carbonyl (C=O) groups is 2. The van der Waals surface area contributed by atoms with E-state index in [9.17, 15) is 9.59 Å². The molecular formula is C23H28N2O4. The van der Waals surface area contributed by atoms with Crippen molar-refractivity contribution in [2.75, 3.05) is 31.6 Å². The Kier molecular flexibility index (Phi) is 7.64. The summed E-state index contributed by atoms with van der Waals surface area (Å²) in [7, 11) is 0. The Morgan fingerprint density at radius 1 is 1.14 bits per heavy atom. The van der Waals surface area contributed by atoms with Gasteiger partial charge in [0.2, 0.25) is 5.91 Å². The third kappa shape index (κ3) is 6.32. The first-order valence-corrected chi connectivity index (χ1v) is 10.1. The molecule has 1 aliphatic rings. The van der Waals surface area contributed by atoms with Crippen molar-refractivity contribution in [1.82, 2.24) is 5.32 Å². The minimum Gasteiger partial charge on any atom is -0.493 e. The highest BCUT2D eigenvalue weighted by molar-refractivity contribution is 5.94. The molecule has 154 valence electrons. The summed E-state index contributed by atoms with van der Waals surface area (Å²) in [6.07, 6.45) is 2.09. The third-order valence-corrected chi connectivity index (χ3v) is 4.77. The number of carbonyl (C=O) groups excluding carboxylic acids is 2. The van der Waals surface area contributed by atoms with E-state index in [1.54, 1.807) is 12.1 Å². The summed E-state index contributed by atoms with van der Waals surface area (Å²) >= 11 is 0. The van der Waals surface area contributed by atoms with Crippen LogP contribution in [0.1, 0.15) is 35.7 Å². The standard InChI is InChI=1S/C23H28N2O4/c1-17(16-29-23(27)18-7-3-2-4-8-18)15-24-13-6-14-28-21-10-5-9-20-19(21)11-12-22(26)25-20/h2-5,7-10,17,24H,6,11-16H2,1H3,(H,25,26). The van der Waals surface area contributed by atoms with Crippen LogP contribution < -0.4 is 15.4 Å². The Bertz CT molecular complexity index is 823. The number of ether oxygens (including phenoxy) is 2. The van der Waals surface area contributed by atoms with Gasteiger partial charge in [-0.05, 0) is 43.7 Å². The molecule has 2 N–H and O–H groups in total. The van der Waals surface area contributed by atoms with Crippen LogP contribution in [0.2, 0.25) is 0 Å². The molecule has 29 heavy (non-hydrogen) atoms. The fourth-order valence-corrected chi connectivity index (χ4v) is 3.19. The van der Waals surface area contributed by atoms with Gasteiger partial charge in [0.1, 0.15) is 5.75 Å². The lowest BCUT2D eigenvalue weighted by atomic mass is 10.0. The molecule has 0 saturated heterocycles. The van der Waals surface area contributed by atoms with Crippen LogP contribution in [0.5, 0.6) is 5.75 Å². The number of esters is 1. The maximum atomic E-state index is 11.9. The van der Waals surface area contributed by atoms with Crippen molar-refractivity contribution in [2.45, 2.75) is 26.2 Å². The maximum absolute atomic E-state index is 11.9. The van der Waals surface area contributed by atoms with E-state index in [1.165, 1.54) is 0 Å². The van der Waals surface area contributed by atoms with Crippen LogP contribution in [0.3, 0.4) is 0 Å². The first-order valence-electron chi connectivity index (χ1n) is 10.1. The molecule has 2 aromatic rings.